The average molecular weight is 351 g/mol. The third-order valence-corrected chi connectivity index (χ3v) is 4.72. The number of aromatic nitrogens is 4. The summed E-state index contributed by atoms with van der Waals surface area (Å²) in [4.78, 5) is 9.42. The molecule has 27 heavy (non-hydrogen) atoms. The van der Waals surface area contributed by atoms with E-state index in [2.05, 4.69) is 51.7 Å². The van der Waals surface area contributed by atoms with Crippen molar-refractivity contribution in [3.63, 3.8) is 0 Å². The van der Waals surface area contributed by atoms with E-state index in [9.17, 15) is 0 Å². The van der Waals surface area contributed by atoms with Crippen LogP contribution in [-0.4, -0.2) is 20.2 Å². The van der Waals surface area contributed by atoms with Gasteiger partial charge in [0.05, 0.1) is 11.2 Å². The van der Waals surface area contributed by atoms with E-state index in [1.165, 1.54) is 5.56 Å². The normalized spacial score (nSPS) is 11.1. The molecule has 0 spiro atoms. The number of pyridine rings is 2. The first-order valence-electron chi connectivity index (χ1n) is 8.81. The van der Waals surface area contributed by atoms with E-state index in [0.29, 0.717) is 5.82 Å². The molecule has 2 aromatic carbocycles. The summed E-state index contributed by atoms with van der Waals surface area (Å²) >= 11 is 0. The maximum atomic E-state index is 4.89. The summed E-state index contributed by atoms with van der Waals surface area (Å²) < 4.78 is 0. The summed E-state index contributed by atoms with van der Waals surface area (Å²) in [7, 11) is 0. The molecule has 5 heteroatoms. The maximum absolute atomic E-state index is 4.89. The number of H-pyrrole nitrogens is 1. The number of rotatable bonds is 3. The van der Waals surface area contributed by atoms with Gasteiger partial charge in [-0.1, -0.05) is 42.5 Å². The Morgan fingerprint density at radius 3 is 2.67 bits per heavy atom. The molecule has 3 aromatic heterocycles. The van der Waals surface area contributed by atoms with Crippen LogP contribution in [0, 0.1) is 6.92 Å². The summed E-state index contributed by atoms with van der Waals surface area (Å²) in [6.07, 6.45) is 1.78. The molecule has 130 valence electrons. The number of benzene rings is 2. The smallest absolute Gasteiger partial charge is 0.161 e. The fourth-order valence-electron chi connectivity index (χ4n) is 3.34. The lowest BCUT2D eigenvalue weighted by atomic mass is 10.0. The van der Waals surface area contributed by atoms with Gasteiger partial charge in [-0.25, -0.2) is 4.98 Å². The third-order valence-electron chi connectivity index (χ3n) is 4.72. The second-order valence-electron chi connectivity index (χ2n) is 6.49. The van der Waals surface area contributed by atoms with Crippen molar-refractivity contribution in [2.45, 2.75) is 6.92 Å². The molecule has 0 saturated carbocycles. The molecule has 0 aliphatic rings. The zero-order valence-corrected chi connectivity index (χ0v) is 14.8. The maximum Gasteiger partial charge on any atom is 0.161 e. The van der Waals surface area contributed by atoms with E-state index in [4.69, 9.17) is 4.98 Å². The Labute approximate surface area is 156 Å². The van der Waals surface area contributed by atoms with Gasteiger partial charge in [-0.2, -0.15) is 5.10 Å². The lowest BCUT2D eigenvalue weighted by Crippen LogP contribution is -1.99. The second kappa shape index (κ2) is 6.21. The molecule has 3 heterocycles. The van der Waals surface area contributed by atoms with E-state index in [1.807, 2.05) is 42.5 Å². The quantitative estimate of drug-likeness (QED) is 0.467. The highest BCUT2D eigenvalue weighted by atomic mass is 15.2. The first kappa shape index (κ1) is 15.5. The molecule has 0 fully saturated rings. The number of aryl methyl sites for hydroxylation is 1. The highest BCUT2D eigenvalue weighted by molar-refractivity contribution is 5.97. The highest BCUT2D eigenvalue weighted by Gasteiger charge is 2.13. The van der Waals surface area contributed by atoms with Gasteiger partial charge in [0.15, 0.2) is 11.6 Å². The SMILES string of the molecule is Cc1ccccc1-c1cc2cccnc2c(Nc2n[nH]c3ccccc23)n1. The molecule has 0 aliphatic heterocycles. The Morgan fingerprint density at radius 2 is 1.74 bits per heavy atom. The van der Waals surface area contributed by atoms with E-state index < -0.39 is 0 Å². The molecule has 2 N–H and O–H groups in total. The van der Waals surface area contributed by atoms with Crippen LogP contribution in [0.1, 0.15) is 5.56 Å². The van der Waals surface area contributed by atoms with Crippen LogP contribution >= 0.6 is 0 Å². The molecule has 5 aromatic rings. The van der Waals surface area contributed by atoms with Gasteiger partial charge in [0.2, 0.25) is 0 Å². The van der Waals surface area contributed by atoms with Crippen LogP contribution in [-0.2, 0) is 0 Å². The number of aromatic amines is 1. The Balaban J connectivity index is 1.70. The molecule has 0 atom stereocenters. The van der Waals surface area contributed by atoms with Gasteiger partial charge >= 0.3 is 0 Å². The van der Waals surface area contributed by atoms with Gasteiger partial charge in [0.1, 0.15) is 5.52 Å². The topological polar surface area (TPSA) is 66.5 Å². The van der Waals surface area contributed by atoms with Crippen molar-refractivity contribution in [3.05, 3.63) is 78.5 Å². The molecule has 0 amide bonds. The van der Waals surface area contributed by atoms with Crippen LogP contribution in [0.4, 0.5) is 11.6 Å². The monoisotopic (exact) mass is 351 g/mol. The van der Waals surface area contributed by atoms with Crippen molar-refractivity contribution >= 4 is 33.4 Å². The number of nitrogens with zero attached hydrogens (tertiary/aromatic N) is 3. The number of para-hydroxylation sites is 1. The number of fused-ring (bicyclic) bond motifs is 2. The predicted octanol–water partition coefficient (Wildman–Crippen LogP) is 5.23. The van der Waals surface area contributed by atoms with Gasteiger partial charge in [-0.3, -0.25) is 10.1 Å². The van der Waals surface area contributed by atoms with Gasteiger partial charge in [-0.15, -0.1) is 0 Å². The predicted molar refractivity (Wildman–Crippen MR) is 109 cm³/mol. The largest absolute Gasteiger partial charge is 0.321 e. The van der Waals surface area contributed by atoms with Crippen molar-refractivity contribution in [1.82, 2.24) is 20.2 Å². The van der Waals surface area contributed by atoms with Crippen LogP contribution in [0.25, 0.3) is 33.1 Å². The minimum atomic E-state index is 0.698. The molecular formula is C22H17N5. The third kappa shape index (κ3) is 2.69. The molecule has 0 unspecified atom stereocenters. The van der Waals surface area contributed by atoms with Crippen molar-refractivity contribution in [3.8, 4) is 11.3 Å². The van der Waals surface area contributed by atoms with Gasteiger partial charge in [0.25, 0.3) is 0 Å². The van der Waals surface area contributed by atoms with Gasteiger partial charge in [-0.05, 0) is 36.8 Å². The van der Waals surface area contributed by atoms with Crippen molar-refractivity contribution in [1.29, 1.82) is 0 Å². The number of anilines is 2. The number of nitrogens with one attached hydrogen (secondary N) is 2. The van der Waals surface area contributed by atoms with Crippen molar-refractivity contribution in [2.24, 2.45) is 0 Å². The van der Waals surface area contributed by atoms with Crippen LogP contribution in [0.5, 0.6) is 0 Å². The fourth-order valence-corrected chi connectivity index (χ4v) is 3.34. The second-order valence-corrected chi connectivity index (χ2v) is 6.49. The van der Waals surface area contributed by atoms with E-state index in [-0.39, 0.29) is 0 Å². The molecule has 0 saturated heterocycles. The Morgan fingerprint density at radius 1 is 0.889 bits per heavy atom. The van der Waals surface area contributed by atoms with E-state index >= 15 is 0 Å². The molecule has 0 aliphatic carbocycles. The van der Waals surface area contributed by atoms with E-state index in [1.54, 1.807) is 6.20 Å². The lowest BCUT2D eigenvalue weighted by Gasteiger charge is -2.11. The molecule has 5 rings (SSSR count). The zero-order chi connectivity index (χ0) is 18.2. The van der Waals surface area contributed by atoms with Crippen LogP contribution in [0.2, 0.25) is 0 Å². The molecule has 0 bridgehead atoms. The highest BCUT2D eigenvalue weighted by Crippen LogP contribution is 2.31. The summed E-state index contributed by atoms with van der Waals surface area (Å²) in [6.45, 7) is 2.10. The van der Waals surface area contributed by atoms with Crippen LogP contribution in [0.15, 0.2) is 72.9 Å². The zero-order valence-electron chi connectivity index (χ0n) is 14.8. The summed E-state index contributed by atoms with van der Waals surface area (Å²) in [6, 6.07) is 22.3. The summed E-state index contributed by atoms with van der Waals surface area (Å²) in [5.74, 6) is 1.44. The molecule has 5 nitrogen and oxygen atoms in total. The Kier molecular flexibility index (Phi) is 3.57. The van der Waals surface area contributed by atoms with Gasteiger partial charge < -0.3 is 5.32 Å². The fraction of sp³-hybridized carbons (Fsp3) is 0.0455. The average Bonchev–Trinajstić information content (AvgIpc) is 3.11. The molecule has 0 radical (unpaired) electrons. The van der Waals surface area contributed by atoms with Crippen LogP contribution in [0.3, 0.4) is 0 Å². The Hall–Kier alpha value is -3.73. The lowest BCUT2D eigenvalue weighted by molar-refractivity contribution is 1.12. The van der Waals surface area contributed by atoms with Crippen LogP contribution < -0.4 is 5.32 Å². The summed E-state index contributed by atoms with van der Waals surface area (Å²) in [5.41, 5.74) is 5.01. The minimum absolute atomic E-state index is 0.698. The molecular weight excluding hydrogens is 334 g/mol. The van der Waals surface area contributed by atoms with Gasteiger partial charge in [0, 0.05) is 22.5 Å². The van der Waals surface area contributed by atoms with Crippen molar-refractivity contribution < 1.29 is 0 Å². The standard InChI is InChI=1S/C22H17N5/c1-14-7-2-3-9-16(14)19-13-15-8-6-12-23-20(15)22(24-19)25-21-17-10-4-5-11-18(17)26-27-21/h2-13H,1H3,(H2,24,25,26,27). The summed E-state index contributed by atoms with van der Waals surface area (Å²) in [5, 5.41) is 12.9. The number of hydrogen-bond donors (Lipinski definition) is 2. The first-order chi connectivity index (χ1) is 13.3. The minimum Gasteiger partial charge on any atom is -0.321 e. The number of hydrogen-bond acceptors (Lipinski definition) is 4. The Bertz CT molecular complexity index is 1270. The first-order valence-corrected chi connectivity index (χ1v) is 8.81. The van der Waals surface area contributed by atoms with Crippen molar-refractivity contribution in [2.75, 3.05) is 5.32 Å². The van der Waals surface area contributed by atoms with E-state index in [0.717, 1.165) is 38.9 Å².